The minimum absolute atomic E-state index is 0.0983. The molecule has 1 saturated heterocycles. The second-order valence-corrected chi connectivity index (χ2v) is 14.1. The van der Waals surface area contributed by atoms with Crippen molar-refractivity contribution in [1.82, 2.24) is 25.1 Å². The minimum atomic E-state index is -2.13. The summed E-state index contributed by atoms with van der Waals surface area (Å²) < 4.78 is 34.7. The zero-order valence-electron chi connectivity index (χ0n) is 19.5. The smallest absolute Gasteiger partial charge is 0.224 e. The van der Waals surface area contributed by atoms with Gasteiger partial charge in [0.1, 0.15) is 17.0 Å². The Morgan fingerprint density at radius 3 is 2.83 bits per heavy atom. The molecule has 0 bridgehead atoms. The van der Waals surface area contributed by atoms with E-state index in [1.54, 1.807) is 29.1 Å². The molecule has 5 rings (SSSR count). The number of ether oxygens (including phenoxy) is 1. The molecule has 0 amide bonds. The van der Waals surface area contributed by atoms with Gasteiger partial charge in [0.25, 0.3) is 0 Å². The van der Waals surface area contributed by atoms with Crippen LogP contribution in [0, 0.1) is 11.3 Å². The van der Waals surface area contributed by atoms with Crippen LogP contribution in [0.2, 0.25) is 0 Å². The van der Waals surface area contributed by atoms with Crippen LogP contribution < -0.4 is 15.4 Å². The number of alkyl halides is 1. The van der Waals surface area contributed by atoms with Crippen molar-refractivity contribution in [3.8, 4) is 17.5 Å². The Bertz CT molecular complexity index is 1360. The SMILES string of the molecule is CP(C)(=O)[C@@H]1CC[C@@H](Nc2ncc3c(Br)nn(-c4cc(C#N)cc(OCC5(F)CNC5)c4)c3n2)C1. The van der Waals surface area contributed by atoms with E-state index >= 15 is 0 Å². The van der Waals surface area contributed by atoms with E-state index in [1.807, 2.05) is 13.3 Å². The predicted molar refractivity (Wildman–Crippen MR) is 136 cm³/mol. The van der Waals surface area contributed by atoms with Gasteiger partial charge in [-0.05, 0) is 60.7 Å². The van der Waals surface area contributed by atoms with Crippen molar-refractivity contribution in [3.63, 3.8) is 0 Å². The van der Waals surface area contributed by atoms with Gasteiger partial charge in [-0.2, -0.15) is 15.3 Å². The van der Waals surface area contributed by atoms with E-state index < -0.39 is 12.8 Å². The number of fused-ring (bicyclic) bond motifs is 1. The topological polar surface area (TPSA) is 118 Å². The Hall–Kier alpha value is -2.54. The van der Waals surface area contributed by atoms with Crippen molar-refractivity contribution in [2.24, 2.45) is 0 Å². The third-order valence-corrected chi connectivity index (χ3v) is 9.46. The summed E-state index contributed by atoms with van der Waals surface area (Å²) in [5, 5.41) is 21.1. The lowest BCUT2D eigenvalue weighted by Crippen LogP contribution is -2.59. The molecule has 2 atom stereocenters. The molecule has 1 aromatic carbocycles. The van der Waals surface area contributed by atoms with Crippen LogP contribution in [0.25, 0.3) is 16.7 Å². The van der Waals surface area contributed by atoms with E-state index in [1.165, 1.54) is 0 Å². The highest BCUT2D eigenvalue weighted by Crippen LogP contribution is 2.50. The normalized spacial score (nSPS) is 21.5. The lowest BCUT2D eigenvalue weighted by Gasteiger charge is -2.34. The highest BCUT2D eigenvalue weighted by atomic mass is 79.9. The molecular weight excluding hydrogens is 536 g/mol. The van der Waals surface area contributed by atoms with Gasteiger partial charge in [0.05, 0.1) is 29.8 Å². The molecule has 0 radical (unpaired) electrons. The number of hydrogen-bond donors (Lipinski definition) is 2. The number of nitrogens with one attached hydrogen (secondary N) is 2. The number of anilines is 1. The van der Waals surface area contributed by atoms with Crippen molar-refractivity contribution in [3.05, 3.63) is 34.6 Å². The van der Waals surface area contributed by atoms with Crippen LogP contribution >= 0.6 is 23.1 Å². The van der Waals surface area contributed by atoms with Gasteiger partial charge in [-0.25, -0.2) is 14.1 Å². The first-order chi connectivity index (χ1) is 16.6. The maximum absolute atomic E-state index is 14.4. The van der Waals surface area contributed by atoms with Crippen LogP contribution in [0.1, 0.15) is 24.8 Å². The highest BCUT2D eigenvalue weighted by molar-refractivity contribution is 9.10. The molecule has 0 spiro atoms. The maximum atomic E-state index is 14.4. The van der Waals surface area contributed by atoms with Crippen LogP contribution in [-0.2, 0) is 4.57 Å². The Morgan fingerprint density at radius 1 is 1.37 bits per heavy atom. The number of rotatable bonds is 7. The van der Waals surface area contributed by atoms with Crippen LogP contribution in [0.4, 0.5) is 10.3 Å². The molecule has 1 aliphatic heterocycles. The fraction of sp³-hybridized carbons (Fsp3) is 0.478. The van der Waals surface area contributed by atoms with Crippen molar-refractivity contribution in [1.29, 1.82) is 5.26 Å². The van der Waals surface area contributed by atoms with Gasteiger partial charge in [0.15, 0.2) is 11.3 Å². The van der Waals surface area contributed by atoms with Crippen molar-refractivity contribution >= 4 is 40.1 Å². The van der Waals surface area contributed by atoms with Gasteiger partial charge in [0, 0.05) is 37.1 Å². The number of nitrogens with zero attached hydrogens (tertiary/aromatic N) is 5. The number of halogens is 2. The highest BCUT2D eigenvalue weighted by Gasteiger charge is 2.38. The predicted octanol–water partition coefficient (Wildman–Crippen LogP) is 4.10. The lowest BCUT2D eigenvalue weighted by atomic mass is 10.0. The molecular formula is C23H26BrFN7O2P. The second kappa shape index (κ2) is 9.16. The molecule has 35 heavy (non-hydrogen) atoms. The van der Waals surface area contributed by atoms with Crippen LogP contribution in [0.5, 0.6) is 5.75 Å². The van der Waals surface area contributed by atoms with E-state index in [-0.39, 0.29) is 31.4 Å². The summed E-state index contributed by atoms with van der Waals surface area (Å²) in [7, 11) is -2.13. The van der Waals surface area contributed by atoms with Gasteiger partial charge in [-0.3, -0.25) is 0 Å². The third-order valence-electron chi connectivity index (χ3n) is 6.64. The van der Waals surface area contributed by atoms with Gasteiger partial charge >= 0.3 is 0 Å². The van der Waals surface area contributed by atoms with Crippen molar-refractivity contribution < 1.29 is 13.7 Å². The van der Waals surface area contributed by atoms with Crippen LogP contribution in [0.3, 0.4) is 0 Å². The van der Waals surface area contributed by atoms with Gasteiger partial charge < -0.3 is 19.9 Å². The molecule has 2 aliphatic rings. The van der Waals surface area contributed by atoms with E-state index in [0.717, 1.165) is 19.3 Å². The second-order valence-electron chi connectivity index (χ2n) is 9.75. The minimum Gasteiger partial charge on any atom is -0.490 e. The first kappa shape index (κ1) is 24.2. The van der Waals surface area contributed by atoms with Crippen molar-refractivity contribution in [2.75, 3.05) is 38.3 Å². The first-order valence-electron chi connectivity index (χ1n) is 11.4. The average Bonchev–Trinajstić information content (AvgIpc) is 3.41. The van der Waals surface area contributed by atoms with Gasteiger partial charge in [-0.15, -0.1) is 0 Å². The molecule has 1 saturated carbocycles. The van der Waals surface area contributed by atoms with Crippen LogP contribution in [-0.4, -0.2) is 70.1 Å². The Morgan fingerprint density at radius 2 is 2.17 bits per heavy atom. The van der Waals surface area contributed by atoms with Gasteiger partial charge in [0.2, 0.25) is 5.95 Å². The summed E-state index contributed by atoms with van der Waals surface area (Å²) in [5.74, 6) is 0.847. The maximum Gasteiger partial charge on any atom is 0.224 e. The molecule has 184 valence electrons. The summed E-state index contributed by atoms with van der Waals surface area (Å²) in [6, 6.07) is 7.26. The molecule has 2 fully saturated rings. The van der Waals surface area contributed by atoms with E-state index in [2.05, 4.69) is 42.7 Å². The van der Waals surface area contributed by atoms with E-state index in [0.29, 0.717) is 38.6 Å². The number of hydrogen-bond acceptors (Lipinski definition) is 8. The summed E-state index contributed by atoms with van der Waals surface area (Å²) in [6.45, 7) is 4.10. The summed E-state index contributed by atoms with van der Waals surface area (Å²) >= 11 is 3.47. The summed E-state index contributed by atoms with van der Waals surface area (Å²) in [4.78, 5) is 9.15. The molecule has 12 heteroatoms. The molecule has 1 aliphatic carbocycles. The van der Waals surface area contributed by atoms with Crippen LogP contribution in [0.15, 0.2) is 29.0 Å². The quantitative estimate of drug-likeness (QED) is 0.414. The summed E-state index contributed by atoms with van der Waals surface area (Å²) in [6.07, 6.45) is 4.35. The monoisotopic (exact) mass is 561 g/mol. The molecule has 0 unspecified atom stereocenters. The lowest BCUT2D eigenvalue weighted by molar-refractivity contribution is 0.0347. The molecule has 2 aromatic heterocycles. The fourth-order valence-corrected chi connectivity index (χ4v) is 6.49. The standard InChI is InChI=1S/C23H26BrFN7O2P/c1-35(2,33)18-4-3-15(7-18)29-22-28-10-19-20(24)31-32(21(19)30-22)16-5-14(9-26)6-17(8-16)34-13-23(25)11-27-12-23/h5-6,8,10,15,18,27H,3-4,7,11-13H2,1-2H3,(H,28,29,30)/t15-,18-/m1/s1. The largest absolute Gasteiger partial charge is 0.490 e. The molecule has 3 aromatic rings. The number of aromatic nitrogens is 4. The molecule has 3 heterocycles. The Labute approximate surface area is 211 Å². The zero-order valence-corrected chi connectivity index (χ0v) is 21.9. The number of nitriles is 1. The van der Waals surface area contributed by atoms with Crippen molar-refractivity contribution in [2.45, 2.75) is 36.6 Å². The Kier molecular flexibility index (Phi) is 6.32. The molecule has 2 N–H and O–H groups in total. The van der Waals surface area contributed by atoms with E-state index in [4.69, 9.17) is 9.72 Å². The Balaban J connectivity index is 1.43. The number of benzene rings is 1. The average molecular weight is 562 g/mol. The zero-order chi connectivity index (χ0) is 24.8. The van der Waals surface area contributed by atoms with Gasteiger partial charge in [-0.1, -0.05) is 0 Å². The fourth-order valence-electron chi connectivity index (χ4n) is 4.52. The first-order valence-corrected chi connectivity index (χ1v) is 14.9. The van der Waals surface area contributed by atoms with E-state index in [9.17, 15) is 14.2 Å². The molecule has 9 nitrogen and oxygen atoms in total. The third kappa shape index (κ3) is 5.06. The summed E-state index contributed by atoms with van der Waals surface area (Å²) in [5.41, 5.74) is 0.296.